The molecule has 112 valence electrons. The minimum Gasteiger partial charge on any atom is -0.375 e. The highest BCUT2D eigenvalue weighted by atomic mass is 19.1. The molecule has 1 atom stereocenters. The van der Waals surface area contributed by atoms with Crippen molar-refractivity contribution in [1.82, 2.24) is 5.32 Å². The Labute approximate surface area is 123 Å². The van der Waals surface area contributed by atoms with Crippen molar-refractivity contribution in [3.63, 3.8) is 0 Å². The number of hydrogen-bond acceptors (Lipinski definition) is 2. The van der Waals surface area contributed by atoms with Crippen molar-refractivity contribution >= 4 is 0 Å². The predicted molar refractivity (Wildman–Crippen MR) is 78.9 cm³/mol. The van der Waals surface area contributed by atoms with Crippen LogP contribution in [-0.2, 0) is 11.3 Å². The van der Waals surface area contributed by atoms with Gasteiger partial charge in [0, 0.05) is 11.1 Å². The largest absolute Gasteiger partial charge is 0.375 e. The van der Waals surface area contributed by atoms with E-state index < -0.39 is 0 Å². The summed E-state index contributed by atoms with van der Waals surface area (Å²) in [6, 6.07) is 12.8. The van der Waals surface area contributed by atoms with Crippen LogP contribution in [0.1, 0.15) is 24.1 Å². The van der Waals surface area contributed by atoms with Gasteiger partial charge in [0.25, 0.3) is 0 Å². The van der Waals surface area contributed by atoms with Crippen molar-refractivity contribution in [2.75, 3.05) is 13.2 Å². The second-order valence-electron chi connectivity index (χ2n) is 4.74. The normalized spacial score (nSPS) is 12.3. The van der Waals surface area contributed by atoms with Crippen LogP contribution in [0.15, 0.2) is 48.5 Å². The molecule has 2 aromatic rings. The summed E-state index contributed by atoms with van der Waals surface area (Å²) in [5.74, 6) is -0.554. The zero-order valence-corrected chi connectivity index (χ0v) is 12.0. The average molecular weight is 291 g/mol. The summed E-state index contributed by atoms with van der Waals surface area (Å²) in [5.41, 5.74) is 1.06. The maximum absolute atomic E-state index is 13.8. The Morgan fingerprint density at radius 3 is 2.33 bits per heavy atom. The Morgan fingerprint density at radius 2 is 1.67 bits per heavy atom. The van der Waals surface area contributed by atoms with E-state index in [0.29, 0.717) is 17.7 Å². The van der Waals surface area contributed by atoms with Crippen molar-refractivity contribution < 1.29 is 13.5 Å². The SMILES string of the molecule is CCNC(COCc1ccccc1F)c1ccccc1F. The first kappa shape index (κ1) is 15.6. The van der Waals surface area contributed by atoms with Crippen LogP contribution in [-0.4, -0.2) is 13.2 Å². The molecule has 0 saturated heterocycles. The summed E-state index contributed by atoms with van der Waals surface area (Å²) in [6.07, 6.45) is 0. The van der Waals surface area contributed by atoms with E-state index in [-0.39, 0.29) is 30.9 Å². The number of nitrogens with one attached hydrogen (secondary N) is 1. The molecule has 4 heteroatoms. The zero-order valence-electron chi connectivity index (χ0n) is 12.0. The van der Waals surface area contributed by atoms with Gasteiger partial charge in [-0.15, -0.1) is 0 Å². The second kappa shape index (κ2) is 7.86. The van der Waals surface area contributed by atoms with E-state index in [1.807, 2.05) is 6.92 Å². The van der Waals surface area contributed by atoms with Gasteiger partial charge in [0.1, 0.15) is 11.6 Å². The highest BCUT2D eigenvalue weighted by Crippen LogP contribution is 2.18. The van der Waals surface area contributed by atoms with Crippen LogP contribution in [0, 0.1) is 11.6 Å². The molecule has 0 amide bonds. The molecule has 2 aromatic carbocycles. The third-order valence-corrected chi connectivity index (χ3v) is 3.23. The zero-order chi connectivity index (χ0) is 15.1. The molecule has 0 heterocycles. The van der Waals surface area contributed by atoms with Crippen LogP contribution in [0.3, 0.4) is 0 Å². The Kier molecular flexibility index (Phi) is 5.84. The van der Waals surface area contributed by atoms with E-state index in [4.69, 9.17) is 4.74 Å². The molecule has 0 spiro atoms. The molecule has 0 aliphatic rings. The summed E-state index contributed by atoms with van der Waals surface area (Å²) >= 11 is 0. The van der Waals surface area contributed by atoms with Crippen molar-refractivity contribution in [1.29, 1.82) is 0 Å². The van der Waals surface area contributed by atoms with Crippen LogP contribution < -0.4 is 5.32 Å². The molecule has 0 aliphatic carbocycles. The lowest BCUT2D eigenvalue weighted by Crippen LogP contribution is -2.26. The molecule has 0 aliphatic heterocycles. The van der Waals surface area contributed by atoms with Gasteiger partial charge >= 0.3 is 0 Å². The standard InChI is InChI=1S/C17H19F2NO/c1-2-20-17(14-8-4-6-10-16(14)19)12-21-11-13-7-3-5-9-15(13)18/h3-10,17,20H,2,11-12H2,1H3. The molecule has 0 aromatic heterocycles. The number of ether oxygens (including phenoxy) is 1. The molecule has 0 saturated carbocycles. The summed E-state index contributed by atoms with van der Waals surface area (Å²) in [7, 11) is 0. The Bertz CT molecular complexity index is 574. The van der Waals surface area contributed by atoms with Crippen LogP contribution >= 0.6 is 0 Å². The molecule has 1 unspecified atom stereocenters. The first-order chi connectivity index (χ1) is 10.2. The molecule has 21 heavy (non-hydrogen) atoms. The summed E-state index contributed by atoms with van der Waals surface area (Å²) in [4.78, 5) is 0. The minimum absolute atomic E-state index is 0.170. The van der Waals surface area contributed by atoms with Crippen LogP contribution in [0.5, 0.6) is 0 Å². The van der Waals surface area contributed by atoms with E-state index in [9.17, 15) is 8.78 Å². The lowest BCUT2D eigenvalue weighted by molar-refractivity contribution is 0.0961. The van der Waals surface area contributed by atoms with Gasteiger partial charge in [0.15, 0.2) is 0 Å². The van der Waals surface area contributed by atoms with Crippen LogP contribution in [0.2, 0.25) is 0 Å². The van der Waals surface area contributed by atoms with Crippen LogP contribution in [0.25, 0.3) is 0 Å². The Hall–Kier alpha value is -1.78. The maximum Gasteiger partial charge on any atom is 0.128 e. The molecule has 0 fully saturated rings. The van der Waals surface area contributed by atoms with E-state index in [1.165, 1.54) is 12.1 Å². The molecule has 0 bridgehead atoms. The van der Waals surface area contributed by atoms with Gasteiger partial charge < -0.3 is 10.1 Å². The lowest BCUT2D eigenvalue weighted by Gasteiger charge is -2.19. The van der Waals surface area contributed by atoms with Gasteiger partial charge in [0.2, 0.25) is 0 Å². The molecule has 2 rings (SSSR count). The van der Waals surface area contributed by atoms with Crippen LogP contribution in [0.4, 0.5) is 8.78 Å². The second-order valence-corrected chi connectivity index (χ2v) is 4.74. The fourth-order valence-electron chi connectivity index (χ4n) is 2.16. The van der Waals surface area contributed by atoms with Crippen molar-refractivity contribution in [2.24, 2.45) is 0 Å². The quantitative estimate of drug-likeness (QED) is 0.837. The minimum atomic E-state index is -0.289. The predicted octanol–water partition coefficient (Wildman–Crippen LogP) is 3.83. The van der Waals surface area contributed by atoms with Crippen molar-refractivity contribution in [2.45, 2.75) is 19.6 Å². The molecular weight excluding hydrogens is 272 g/mol. The molecule has 1 N–H and O–H groups in total. The van der Waals surface area contributed by atoms with Crippen molar-refractivity contribution in [3.8, 4) is 0 Å². The molecule has 2 nitrogen and oxygen atoms in total. The highest BCUT2D eigenvalue weighted by Gasteiger charge is 2.14. The fourth-order valence-corrected chi connectivity index (χ4v) is 2.16. The number of rotatable bonds is 7. The van der Waals surface area contributed by atoms with E-state index in [2.05, 4.69) is 5.32 Å². The third-order valence-electron chi connectivity index (χ3n) is 3.23. The Balaban J connectivity index is 1.98. The lowest BCUT2D eigenvalue weighted by atomic mass is 10.1. The topological polar surface area (TPSA) is 21.3 Å². The van der Waals surface area contributed by atoms with Gasteiger partial charge in [-0.2, -0.15) is 0 Å². The monoisotopic (exact) mass is 291 g/mol. The highest BCUT2D eigenvalue weighted by molar-refractivity contribution is 5.21. The van der Waals surface area contributed by atoms with Gasteiger partial charge in [-0.1, -0.05) is 43.3 Å². The van der Waals surface area contributed by atoms with Gasteiger partial charge in [0.05, 0.1) is 19.3 Å². The maximum atomic E-state index is 13.8. The number of likely N-dealkylation sites (N-methyl/N-ethyl adjacent to an activating group) is 1. The summed E-state index contributed by atoms with van der Waals surface area (Å²) < 4.78 is 32.9. The Morgan fingerprint density at radius 1 is 1.00 bits per heavy atom. The van der Waals surface area contributed by atoms with E-state index in [0.717, 1.165) is 0 Å². The number of halogens is 2. The summed E-state index contributed by atoms with van der Waals surface area (Å²) in [5, 5.41) is 3.18. The van der Waals surface area contributed by atoms with Gasteiger partial charge in [-0.25, -0.2) is 8.78 Å². The van der Waals surface area contributed by atoms with Gasteiger partial charge in [-0.3, -0.25) is 0 Å². The smallest absolute Gasteiger partial charge is 0.128 e. The van der Waals surface area contributed by atoms with Gasteiger partial charge in [-0.05, 0) is 18.7 Å². The molecule has 0 radical (unpaired) electrons. The summed E-state index contributed by atoms with van der Waals surface area (Å²) in [6.45, 7) is 3.10. The third kappa shape index (κ3) is 4.34. The number of hydrogen-bond donors (Lipinski definition) is 1. The average Bonchev–Trinajstić information content (AvgIpc) is 2.49. The molecular formula is C17H19F2NO. The van der Waals surface area contributed by atoms with Crippen molar-refractivity contribution in [3.05, 3.63) is 71.3 Å². The first-order valence-electron chi connectivity index (χ1n) is 7.01. The van der Waals surface area contributed by atoms with E-state index >= 15 is 0 Å². The fraction of sp³-hybridized carbons (Fsp3) is 0.294. The number of benzene rings is 2. The first-order valence-corrected chi connectivity index (χ1v) is 7.01. The van der Waals surface area contributed by atoms with E-state index in [1.54, 1.807) is 36.4 Å².